The van der Waals surface area contributed by atoms with E-state index in [-0.39, 0.29) is 12.2 Å². The van der Waals surface area contributed by atoms with E-state index in [1.165, 1.54) is 37.4 Å². The predicted molar refractivity (Wildman–Crippen MR) is 91.7 cm³/mol. The average molecular weight is 362 g/mol. The molecule has 0 aromatic heterocycles. The summed E-state index contributed by atoms with van der Waals surface area (Å²) in [6.07, 6.45) is 0. The lowest BCUT2D eigenvalue weighted by Crippen LogP contribution is -2.43. The third-order valence-corrected chi connectivity index (χ3v) is 3.22. The maximum atomic E-state index is 12.8. The summed E-state index contributed by atoms with van der Waals surface area (Å²) in [5.41, 5.74) is 4.78. The molecule has 2 rings (SSSR count). The Labute approximate surface area is 150 Å². The Morgan fingerprint density at radius 2 is 1.73 bits per heavy atom. The Balaban J connectivity index is 1.85. The van der Waals surface area contributed by atoms with Crippen LogP contribution in [-0.4, -0.2) is 32.1 Å². The minimum absolute atomic E-state index is 0.282. The number of rotatable bonds is 7. The first-order chi connectivity index (χ1) is 12.5. The summed E-state index contributed by atoms with van der Waals surface area (Å²) < 4.78 is 28.5. The summed E-state index contributed by atoms with van der Waals surface area (Å²) in [5.74, 6) is -0.236. The lowest BCUT2D eigenvalue weighted by atomic mass is 10.2. The van der Waals surface area contributed by atoms with Gasteiger partial charge >= 0.3 is 0 Å². The molecule has 2 amide bonds. The molecule has 0 aliphatic heterocycles. The van der Waals surface area contributed by atoms with Crippen LogP contribution in [0.25, 0.3) is 0 Å². The highest BCUT2D eigenvalue weighted by Gasteiger charge is 2.12. The van der Waals surface area contributed by atoms with Gasteiger partial charge in [0.1, 0.15) is 11.6 Å². The quantitative estimate of drug-likeness (QED) is 0.737. The summed E-state index contributed by atoms with van der Waals surface area (Å²) in [4.78, 5) is 23.8. The number of carbonyl (C=O) groups excluding carboxylic acids is 2. The van der Waals surface area contributed by atoms with Crippen LogP contribution >= 0.6 is 0 Å². The fraction of sp³-hybridized carbons (Fsp3) is 0.222. The van der Waals surface area contributed by atoms with Gasteiger partial charge in [0.05, 0.1) is 13.7 Å². The topological polar surface area (TPSA) is 85.9 Å². The number of hydrogen-bond donors (Lipinski definition) is 2. The fourth-order valence-corrected chi connectivity index (χ4v) is 2.00. The molecule has 0 atom stereocenters. The molecule has 0 aliphatic carbocycles. The van der Waals surface area contributed by atoms with Crippen LogP contribution in [0.4, 0.5) is 4.39 Å². The molecule has 0 spiro atoms. The van der Waals surface area contributed by atoms with Gasteiger partial charge in [-0.25, -0.2) is 4.39 Å². The standard InChI is InChI=1S/C18H19FN2O5/c1-3-25-15-9-4-12(10-16(15)24-2)18(23)21-20-17(22)11-26-14-7-5-13(19)6-8-14/h4-10H,3,11H2,1-2H3,(H,20,22)(H,21,23). The molecule has 0 saturated heterocycles. The largest absolute Gasteiger partial charge is 0.493 e. The number of methoxy groups -OCH3 is 1. The van der Waals surface area contributed by atoms with Crippen LogP contribution in [-0.2, 0) is 4.79 Å². The van der Waals surface area contributed by atoms with E-state index in [4.69, 9.17) is 14.2 Å². The number of hydrazine groups is 1. The Morgan fingerprint density at radius 3 is 2.38 bits per heavy atom. The van der Waals surface area contributed by atoms with Gasteiger partial charge in [0.15, 0.2) is 18.1 Å². The molecule has 0 aliphatic rings. The average Bonchev–Trinajstić information content (AvgIpc) is 2.66. The maximum Gasteiger partial charge on any atom is 0.276 e. The van der Waals surface area contributed by atoms with E-state index >= 15 is 0 Å². The molecule has 2 aromatic carbocycles. The van der Waals surface area contributed by atoms with Crippen molar-refractivity contribution in [1.82, 2.24) is 10.9 Å². The van der Waals surface area contributed by atoms with Gasteiger partial charge < -0.3 is 14.2 Å². The van der Waals surface area contributed by atoms with Crippen molar-refractivity contribution >= 4 is 11.8 Å². The van der Waals surface area contributed by atoms with Crippen LogP contribution in [0.1, 0.15) is 17.3 Å². The van der Waals surface area contributed by atoms with Gasteiger partial charge in [-0.3, -0.25) is 20.4 Å². The third-order valence-electron chi connectivity index (χ3n) is 3.22. The molecule has 8 heteroatoms. The Kier molecular flexibility index (Phi) is 6.78. The molecule has 0 heterocycles. The molecule has 2 N–H and O–H groups in total. The molecule has 0 saturated carbocycles. The third kappa shape index (κ3) is 5.37. The highest BCUT2D eigenvalue weighted by atomic mass is 19.1. The first kappa shape index (κ1) is 19.0. The van der Waals surface area contributed by atoms with Crippen LogP contribution in [0.15, 0.2) is 42.5 Å². The molecule has 138 valence electrons. The second-order valence-corrected chi connectivity index (χ2v) is 5.04. The number of ether oxygens (including phenoxy) is 3. The lowest BCUT2D eigenvalue weighted by molar-refractivity contribution is -0.123. The zero-order valence-electron chi connectivity index (χ0n) is 14.4. The summed E-state index contributed by atoms with van der Waals surface area (Å²) in [6.45, 7) is 1.97. The maximum absolute atomic E-state index is 12.8. The monoisotopic (exact) mass is 362 g/mol. The van der Waals surface area contributed by atoms with Crippen molar-refractivity contribution in [3.05, 3.63) is 53.8 Å². The minimum atomic E-state index is -0.569. The first-order valence-corrected chi connectivity index (χ1v) is 7.82. The SMILES string of the molecule is CCOc1ccc(C(=O)NNC(=O)COc2ccc(F)cc2)cc1OC. The molecule has 0 unspecified atom stereocenters. The first-order valence-electron chi connectivity index (χ1n) is 7.82. The van der Waals surface area contributed by atoms with E-state index in [1.807, 2.05) is 6.92 Å². The van der Waals surface area contributed by atoms with Crippen LogP contribution in [0.2, 0.25) is 0 Å². The number of amides is 2. The molecule has 0 radical (unpaired) electrons. The zero-order chi connectivity index (χ0) is 18.9. The molecular formula is C18H19FN2O5. The van der Waals surface area contributed by atoms with Crippen molar-refractivity contribution < 1.29 is 28.2 Å². The van der Waals surface area contributed by atoms with E-state index in [0.717, 1.165) is 0 Å². The van der Waals surface area contributed by atoms with Crippen molar-refractivity contribution in [2.24, 2.45) is 0 Å². The van der Waals surface area contributed by atoms with Crippen molar-refractivity contribution in [3.63, 3.8) is 0 Å². The van der Waals surface area contributed by atoms with Crippen LogP contribution < -0.4 is 25.1 Å². The number of hydrogen-bond acceptors (Lipinski definition) is 5. The second-order valence-electron chi connectivity index (χ2n) is 5.04. The van der Waals surface area contributed by atoms with Gasteiger partial charge in [0.2, 0.25) is 0 Å². The zero-order valence-corrected chi connectivity index (χ0v) is 14.4. The van der Waals surface area contributed by atoms with E-state index in [2.05, 4.69) is 10.9 Å². The molecule has 26 heavy (non-hydrogen) atoms. The molecule has 2 aromatic rings. The van der Waals surface area contributed by atoms with Gasteiger partial charge in [-0.1, -0.05) is 0 Å². The van der Waals surface area contributed by atoms with Gasteiger partial charge in [0.25, 0.3) is 11.8 Å². The lowest BCUT2D eigenvalue weighted by Gasteiger charge is -2.12. The highest BCUT2D eigenvalue weighted by Crippen LogP contribution is 2.27. The van der Waals surface area contributed by atoms with E-state index in [0.29, 0.717) is 23.9 Å². The van der Waals surface area contributed by atoms with Crippen molar-refractivity contribution in [3.8, 4) is 17.2 Å². The Bertz CT molecular complexity index is 765. The smallest absolute Gasteiger partial charge is 0.276 e. The molecule has 0 bridgehead atoms. The molecule has 0 fully saturated rings. The van der Waals surface area contributed by atoms with Crippen molar-refractivity contribution in [1.29, 1.82) is 0 Å². The second kappa shape index (κ2) is 9.26. The van der Waals surface area contributed by atoms with Crippen LogP contribution in [0.3, 0.4) is 0 Å². The van der Waals surface area contributed by atoms with Crippen LogP contribution in [0.5, 0.6) is 17.2 Å². The number of nitrogens with one attached hydrogen (secondary N) is 2. The van der Waals surface area contributed by atoms with Crippen molar-refractivity contribution in [2.45, 2.75) is 6.92 Å². The van der Waals surface area contributed by atoms with E-state index < -0.39 is 17.6 Å². The van der Waals surface area contributed by atoms with Crippen molar-refractivity contribution in [2.75, 3.05) is 20.3 Å². The minimum Gasteiger partial charge on any atom is -0.493 e. The normalized spacial score (nSPS) is 9.96. The molecular weight excluding hydrogens is 343 g/mol. The summed E-state index contributed by atoms with van der Waals surface area (Å²) in [6, 6.07) is 9.88. The summed E-state index contributed by atoms with van der Waals surface area (Å²) in [5, 5.41) is 0. The number of carbonyl (C=O) groups is 2. The highest BCUT2D eigenvalue weighted by molar-refractivity contribution is 5.96. The van der Waals surface area contributed by atoms with E-state index in [1.54, 1.807) is 12.1 Å². The van der Waals surface area contributed by atoms with E-state index in [9.17, 15) is 14.0 Å². The molecule has 7 nitrogen and oxygen atoms in total. The number of halogens is 1. The fourth-order valence-electron chi connectivity index (χ4n) is 2.00. The number of benzene rings is 2. The van der Waals surface area contributed by atoms with Gasteiger partial charge in [0, 0.05) is 5.56 Å². The van der Waals surface area contributed by atoms with Gasteiger partial charge in [-0.15, -0.1) is 0 Å². The summed E-state index contributed by atoms with van der Waals surface area (Å²) >= 11 is 0. The predicted octanol–water partition coefficient (Wildman–Crippen LogP) is 2.07. The Hall–Kier alpha value is -3.29. The van der Waals surface area contributed by atoms with Gasteiger partial charge in [-0.05, 0) is 49.4 Å². The van der Waals surface area contributed by atoms with Crippen LogP contribution in [0, 0.1) is 5.82 Å². The Morgan fingerprint density at radius 1 is 1.00 bits per heavy atom. The summed E-state index contributed by atoms with van der Waals surface area (Å²) in [7, 11) is 1.47. The van der Waals surface area contributed by atoms with Gasteiger partial charge in [-0.2, -0.15) is 0 Å².